The van der Waals surface area contributed by atoms with E-state index in [0.717, 1.165) is 45.6 Å². The summed E-state index contributed by atoms with van der Waals surface area (Å²) in [6.07, 6.45) is 5.56. The molecule has 3 saturated heterocycles. The zero-order valence-electron chi connectivity index (χ0n) is 16.9. The smallest absolute Gasteiger partial charge is 0.238 e. The molecule has 1 aromatic rings. The second-order valence-corrected chi connectivity index (χ2v) is 8.45. The number of carbonyl (C=O) groups is 1. The number of morpholine rings is 1. The fraction of sp³-hybridized carbons (Fsp3) is 0.682. The number of piperidine rings is 2. The number of rotatable bonds is 5. The summed E-state index contributed by atoms with van der Waals surface area (Å²) in [6.45, 7) is 8.11. The van der Waals surface area contributed by atoms with Crippen LogP contribution in [0, 0.1) is 0 Å². The molecule has 0 spiro atoms. The molecule has 6 nitrogen and oxygen atoms in total. The van der Waals surface area contributed by atoms with Gasteiger partial charge in [-0.1, -0.05) is 18.2 Å². The quantitative estimate of drug-likeness (QED) is 0.837. The normalized spacial score (nSPS) is 24.2. The van der Waals surface area contributed by atoms with Crippen molar-refractivity contribution in [3.8, 4) is 0 Å². The van der Waals surface area contributed by atoms with Gasteiger partial charge in [0.25, 0.3) is 0 Å². The van der Waals surface area contributed by atoms with Crippen LogP contribution in [0.25, 0.3) is 0 Å². The van der Waals surface area contributed by atoms with E-state index in [4.69, 9.17) is 10.5 Å². The molecule has 4 rings (SSSR count). The van der Waals surface area contributed by atoms with Gasteiger partial charge in [0.2, 0.25) is 5.91 Å². The largest absolute Gasteiger partial charge is 0.379 e. The topological polar surface area (TPSA) is 62.0 Å². The van der Waals surface area contributed by atoms with Crippen LogP contribution in [0.4, 0.5) is 5.69 Å². The summed E-state index contributed by atoms with van der Waals surface area (Å²) in [5, 5.41) is 0. The van der Waals surface area contributed by atoms with Crippen molar-refractivity contribution in [2.75, 3.05) is 57.4 Å². The molecule has 154 valence electrons. The van der Waals surface area contributed by atoms with E-state index in [-0.39, 0.29) is 5.91 Å². The highest BCUT2D eigenvalue weighted by Gasteiger charge is 2.45. The Balaban J connectivity index is 1.42. The maximum atomic E-state index is 12.4. The van der Waals surface area contributed by atoms with E-state index in [0.29, 0.717) is 13.2 Å². The van der Waals surface area contributed by atoms with Crippen molar-refractivity contribution in [2.45, 2.75) is 44.2 Å². The van der Waals surface area contributed by atoms with Crippen molar-refractivity contribution in [1.29, 1.82) is 0 Å². The lowest BCUT2D eigenvalue weighted by Gasteiger charge is -2.48. The van der Waals surface area contributed by atoms with E-state index in [2.05, 4.69) is 39.0 Å². The number of primary amides is 1. The third-order valence-corrected chi connectivity index (χ3v) is 6.84. The van der Waals surface area contributed by atoms with E-state index < -0.39 is 5.54 Å². The van der Waals surface area contributed by atoms with Crippen molar-refractivity contribution in [1.82, 2.24) is 9.80 Å². The minimum absolute atomic E-state index is 0.164. The predicted octanol–water partition coefficient (Wildman–Crippen LogP) is 1.83. The lowest BCUT2D eigenvalue weighted by Crippen LogP contribution is -2.64. The minimum Gasteiger partial charge on any atom is -0.379 e. The summed E-state index contributed by atoms with van der Waals surface area (Å²) in [4.78, 5) is 19.7. The highest BCUT2D eigenvalue weighted by molar-refractivity contribution is 5.85. The summed E-state index contributed by atoms with van der Waals surface area (Å²) in [5.74, 6) is -0.164. The Bertz CT molecular complexity index is 660. The summed E-state index contributed by atoms with van der Waals surface area (Å²) < 4.78 is 5.48. The number of ether oxygens (including phenoxy) is 1. The average molecular weight is 387 g/mol. The minimum atomic E-state index is -0.493. The molecule has 3 fully saturated rings. The molecule has 3 aliphatic heterocycles. The van der Waals surface area contributed by atoms with Gasteiger partial charge in [0, 0.05) is 51.5 Å². The van der Waals surface area contributed by atoms with Gasteiger partial charge in [-0.2, -0.15) is 0 Å². The van der Waals surface area contributed by atoms with E-state index >= 15 is 0 Å². The SMILES string of the molecule is NC(=O)C1(N2CCOCC2)CCN(Cc2ccccc2N2CCCCC2)CC1. The summed E-state index contributed by atoms with van der Waals surface area (Å²) in [7, 11) is 0. The van der Waals surface area contributed by atoms with Crippen LogP contribution in [-0.2, 0) is 16.1 Å². The Labute approximate surface area is 168 Å². The molecule has 28 heavy (non-hydrogen) atoms. The van der Waals surface area contributed by atoms with Crippen LogP contribution < -0.4 is 10.6 Å². The van der Waals surface area contributed by atoms with Crippen molar-refractivity contribution < 1.29 is 9.53 Å². The Morgan fingerprint density at radius 2 is 1.64 bits per heavy atom. The van der Waals surface area contributed by atoms with Gasteiger partial charge < -0.3 is 15.4 Å². The van der Waals surface area contributed by atoms with Crippen LogP contribution in [0.1, 0.15) is 37.7 Å². The number of hydrogen-bond donors (Lipinski definition) is 1. The number of para-hydroxylation sites is 1. The van der Waals surface area contributed by atoms with Gasteiger partial charge in [0.1, 0.15) is 5.54 Å². The first-order valence-electron chi connectivity index (χ1n) is 10.9. The molecule has 3 aliphatic rings. The van der Waals surface area contributed by atoms with Crippen LogP contribution in [0.3, 0.4) is 0 Å². The van der Waals surface area contributed by atoms with Gasteiger partial charge in [-0.3, -0.25) is 14.6 Å². The van der Waals surface area contributed by atoms with Gasteiger partial charge in [-0.05, 0) is 43.7 Å². The second-order valence-electron chi connectivity index (χ2n) is 8.45. The van der Waals surface area contributed by atoms with Gasteiger partial charge in [-0.15, -0.1) is 0 Å². The monoisotopic (exact) mass is 386 g/mol. The standard InChI is InChI=1S/C22H34N4O2/c23-21(27)22(26-14-16-28-17-15-26)8-12-24(13-9-22)18-19-6-2-3-7-20(19)25-10-4-1-5-11-25/h2-3,6-7H,1,4-5,8-18H2,(H2,23,27). The van der Waals surface area contributed by atoms with E-state index in [1.54, 1.807) is 0 Å². The fourth-order valence-electron chi connectivity index (χ4n) is 5.12. The van der Waals surface area contributed by atoms with Crippen LogP contribution in [0.5, 0.6) is 0 Å². The molecule has 0 aromatic heterocycles. The average Bonchev–Trinajstić information content (AvgIpc) is 2.76. The van der Waals surface area contributed by atoms with E-state index in [9.17, 15) is 4.79 Å². The number of likely N-dealkylation sites (tertiary alicyclic amines) is 1. The van der Waals surface area contributed by atoms with Crippen LogP contribution >= 0.6 is 0 Å². The molecule has 2 N–H and O–H groups in total. The van der Waals surface area contributed by atoms with Crippen LogP contribution in [-0.4, -0.2) is 73.7 Å². The van der Waals surface area contributed by atoms with E-state index in [1.165, 1.54) is 43.6 Å². The molecule has 0 radical (unpaired) electrons. The van der Waals surface area contributed by atoms with Gasteiger partial charge in [-0.25, -0.2) is 0 Å². The summed E-state index contributed by atoms with van der Waals surface area (Å²) in [5.41, 5.74) is 8.21. The molecule has 6 heteroatoms. The van der Waals surface area contributed by atoms with Crippen LogP contribution in [0.15, 0.2) is 24.3 Å². The lowest BCUT2D eigenvalue weighted by atomic mass is 9.84. The summed E-state index contributed by atoms with van der Waals surface area (Å²) in [6, 6.07) is 8.84. The molecule has 3 heterocycles. The number of carbonyl (C=O) groups excluding carboxylic acids is 1. The first kappa shape index (κ1) is 19.7. The highest BCUT2D eigenvalue weighted by Crippen LogP contribution is 2.32. The molecule has 0 atom stereocenters. The first-order valence-corrected chi connectivity index (χ1v) is 10.9. The zero-order valence-corrected chi connectivity index (χ0v) is 16.9. The van der Waals surface area contributed by atoms with Crippen molar-refractivity contribution in [2.24, 2.45) is 5.73 Å². The third kappa shape index (κ3) is 4.04. The molecular weight excluding hydrogens is 352 g/mol. The molecule has 1 amide bonds. The van der Waals surface area contributed by atoms with Crippen molar-refractivity contribution in [3.63, 3.8) is 0 Å². The molecule has 0 aliphatic carbocycles. The number of benzene rings is 1. The number of nitrogens with zero attached hydrogens (tertiary/aromatic N) is 3. The lowest BCUT2D eigenvalue weighted by molar-refractivity contribution is -0.138. The molecule has 0 saturated carbocycles. The number of anilines is 1. The van der Waals surface area contributed by atoms with Gasteiger partial charge in [0.05, 0.1) is 13.2 Å². The van der Waals surface area contributed by atoms with E-state index in [1.807, 2.05) is 0 Å². The molecular formula is C22H34N4O2. The highest BCUT2D eigenvalue weighted by atomic mass is 16.5. The molecule has 1 aromatic carbocycles. The Morgan fingerprint density at radius 3 is 2.32 bits per heavy atom. The number of nitrogens with two attached hydrogens (primary N) is 1. The maximum absolute atomic E-state index is 12.4. The Morgan fingerprint density at radius 1 is 0.964 bits per heavy atom. The van der Waals surface area contributed by atoms with Crippen LogP contribution in [0.2, 0.25) is 0 Å². The fourth-order valence-corrected chi connectivity index (χ4v) is 5.12. The Kier molecular flexibility index (Phi) is 6.19. The molecule has 0 unspecified atom stereocenters. The van der Waals surface area contributed by atoms with Gasteiger partial charge in [0.15, 0.2) is 0 Å². The number of amides is 1. The zero-order chi connectivity index (χ0) is 19.4. The molecule has 0 bridgehead atoms. The Hall–Kier alpha value is -1.63. The van der Waals surface area contributed by atoms with Crippen molar-refractivity contribution >= 4 is 11.6 Å². The predicted molar refractivity (Wildman–Crippen MR) is 111 cm³/mol. The summed E-state index contributed by atoms with van der Waals surface area (Å²) >= 11 is 0. The second kappa shape index (κ2) is 8.80. The first-order chi connectivity index (χ1) is 13.7. The van der Waals surface area contributed by atoms with Crippen molar-refractivity contribution in [3.05, 3.63) is 29.8 Å². The maximum Gasteiger partial charge on any atom is 0.238 e. The number of hydrogen-bond acceptors (Lipinski definition) is 5. The third-order valence-electron chi connectivity index (χ3n) is 6.84. The van der Waals surface area contributed by atoms with Gasteiger partial charge >= 0.3 is 0 Å².